The van der Waals surface area contributed by atoms with Gasteiger partial charge in [0.2, 0.25) is 0 Å². The van der Waals surface area contributed by atoms with Crippen LogP contribution < -0.4 is 0 Å². The first-order valence-electron chi connectivity index (χ1n) is 5.79. The van der Waals surface area contributed by atoms with Crippen molar-refractivity contribution in [3.63, 3.8) is 0 Å². The van der Waals surface area contributed by atoms with Crippen LogP contribution in [0.1, 0.15) is 42.5 Å². The zero-order valence-electron chi connectivity index (χ0n) is 8.78. The number of fused-ring (bicyclic) bond motifs is 6. The van der Waals surface area contributed by atoms with Crippen LogP contribution in [0.5, 0.6) is 0 Å². The maximum absolute atomic E-state index is 4.83. The molecule has 80 valence electrons. The summed E-state index contributed by atoms with van der Waals surface area (Å²) in [6, 6.07) is 6.12. The van der Waals surface area contributed by atoms with Crippen molar-refractivity contribution in [2.24, 2.45) is 0 Å². The topological polar surface area (TPSA) is 25.8 Å². The Morgan fingerprint density at radius 1 is 1.06 bits per heavy atom. The molecule has 1 saturated carbocycles. The van der Waals surface area contributed by atoms with E-state index in [1.807, 2.05) is 12.1 Å². The highest BCUT2D eigenvalue weighted by molar-refractivity contribution is 9.10. The van der Waals surface area contributed by atoms with Crippen LogP contribution in [0.15, 0.2) is 22.7 Å². The smallest absolute Gasteiger partial charge is 0.103 e. The Bertz CT molecular complexity index is 594. The molecule has 1 heterocycles. The number of para-hydroxylation sites is 1. The van der Waals surface area contributed by atoms with E-state index in [4.69, 9.17) is 9.97 Å². The molecule has 0 radical (unpaired) electrons. The molecular weight excluding hydrogens is 264 g/mol. The first-order chi connectivity index (χ1) is 7.83. The summed E-state index contributed by atoms with van der Waals surface area (Å²) in [5, 5.41) is 0. The molecule has 0 spiro atoms. The molecule has 1 aromatic carbocycles. The van der Waals surface area contributed by atoms with Gasteiger partial charge in [0.15, 0.2) is 0 Å². The Balaban J connectivity index is 2.08. The molecular formula is C13H11BrN2. The molecule has 2 nitrogen and oxygen atoms in total. The third-order valence-corrected chi connectivity index (χ3v) is 4.55. The van der Waals surface area contributed by atoms with Crippen molar-refractivity contribution in [3.8, 4) is 0 Å². The molecule has 2 aliphatic carbocycles. The molecule has 2 aliphatic rings. The quantitative estimate of drug-likeness (QED) is 0.731. The van der Waals surface area contributed by atoms with Crippen LogP contribution in [0, 0.1) is 0 Å². The van der Waals surface area contributed by atoms with Gasteiger partial charge in [-0.3, -0.25) is 0 Å². The lowest BCUT2D eigenvalue weighted by Crippen LogP contribution is -2.04. The summed E-state index contributed by atoms with van der Waals surface area (Å²) in [4.78, 5) is 9.64. The van der Waals surface area contributed by atoms with Crippen molar-refractivity contribution in [3.05, 3.63) is 34.1 Å². The number of benzene rings is 1. The van der Waals surface area contributed by atoms with Crippen LogP contribution in [-0.2, 0) is 0 Å². The van der Waals surface area contributed by atoms with E-state index in [0.717, 1.165) is 15.5 Å². The highest BCUT2D eigenvalue weighted by Gasteiger charge is 2.39. The fourth-order valence-electron chi connectivity index (χ4n) is 3.15. The molecule has 4 rings (SSSR count). The largest absolute Gasteiger partial charge is 0.249 e. The minimum absolute atomic E-state index is 0.684. The zero-order chi connectivity index (χ0) is 10.7. The van der Waals surface area contributed by atoms with Gasteiger partial charge in [0.1, 0.15) is 5.52 Å². The van der Waals surface area contributed by atoms with E-state index in [2.05, 4.69) is 22.0 Å². The van der Waals surface area contributed by atoms with Crippen LogP contribution in [0.25, 0.3) is 11.0 Å². The minimum atomic E-state index is 0.684. The van der Waals surface area contributed by atoms with E-state index in [-0.39, 0.29) is 0 Å². The van der Waals surface area contributed by atoms with Gasteiger partial charge >= 0.3 is 0 Å². The fourth-order valence-corrected chi connectivity index (χ4v) is 3.59. The summed E-state index contributed by atoms with van der Waals surface area (Å²) < 4.78 is 1.06. The zero-order valence-corrected chi connectivity index (χ0v) is 10.4. The lowest BCUT2D eigenvalue weighted by atomic mass is 10.0. The first kappa shape index (κ1) is 9.11. The Kier molecular flexibility index (Phi) is 1.73. The second-order valence-electron chi connectivity index (χ2n) is 4.81. The average Bonchev–Trinajstić information content (AvgIpc) is 2.88. The molecule has 2 atom stereocenters. The number of hydrogen-bond acceptors (Lipinski definition) is 2. The summed E-state index contributed by atoms with van der Waals surface area (Å²) >= 11 is 3.56. The summed E-state index contributed by atoms with van der Waals surface area (Å²) in [6.07, 6.45) is 3.90. The van der Waals surface area contributed by atoms with Gasteiger partial charge in [0.25, 0.3) is 0 Å². The highest BCUT2D eigenvalue weighted by Crippen LogP contribution is 2.51. The van der Waals surface area contributed by atoms with E-state index in [1.54, 1.807) is 0 Å². The summed E-state index contributed by atoms with van der Waals surface area (Å²) in [5.74, 6) is 1.37. The molecule has 0 saturated heterocycles. The van der Waals surface area contributed by atoms with Crippen LogP contribution in [-0.4, -0.2) is 9.97 Å². The van der Waals surface area contributed by atoms with Crippen LogP contribution in [0.2, 0.25) is 0 Å². The second kappa shape index (κ2) is 3.04. The maximum atomic E-state index is 4.83. The van der Waals surface area contributed by atoms with Crippen LogP contribution in [0.3, 0.4) is 0 Å². The van der Waals surface area contributed by atoms with E-state index in [1.165, 1.54) is 30.7 Å². The number of hydrogen-bond donors (Lipinski definition) is 0. The number of rotatable bonds is 0. The standard InChI is InChI=1S/C13H11BrN2/c14-9-2-1-3-10-13(9)16-12-8-5-4-7(6-8)11(12)15-10/h1-3,7-8H,4-6H2/t7-,8+/m1/s1. The fraction of sp³-hybridized carbons (Fsp3) is 0.385. The molecule has 2 aromatic rings. The lowest BCUT2D eigenvalue weighted by Gasteiger charge is -2.14. The van der Waals surface area contributed by atoms with E-state index < -0.39 is 0 Å². The molecule has 0 aliphatic heterocycles. The molecule has 3 heteroatoms. The van der Waals surface area contributed by atoms with Crippen LogP contribution in [0.4, 0.5) is 0 Å². The van der Waals surface area contributed by atoms with Gasteiger partial charge in [0, 0.05) is 16.3 Å². The highest BCUT2D eigenvalue weighted by atomic mass is 79.9. The third-order valence-electron chi connectivity index (χ3n) is 3.91. The Morgan fingerprint density at radius 3 is 2.62 bits per heavy atom. The summed E-state index contributed by atoms with van der Waals surface area (Å²) in [7, 11) is 0. The second-order valence-corrected chi connectivity index (χ2v) is 5.66. The van der Waals surface area contributed by atoms with Crippen molar-refractivity contribution in [2.75, 3.05) is 0 Å². The van der Waals surface area contributed by atoms with Gasteiger partial charge < -0.3 is 0 Å². The SMILES string of the molecule is Brc1cccc2nc3c(nc12)[C@H]1CC[C@@H]3C1. The van der Waals surface area contributed by atoms with E-state index >= 15 is 0 Å². The van der Waals surface area contributed by atoms with Crippen molar-refractivity contribution < 1.29 is 0 Å². The predicted octanol–water partition coefficient (Wildman–Crippen LogP) is 3.76. The number of halogens is 1. The van der Waals surface area contributed by atoms with E-state index in [9.17, 15) is 0 Å². The minimum Gasteiger partial charge on any atom is -0.249 e. The molecule has 0 unspecified atom stereocenters. The lowest BCUT2D eigenvalue weighted by molar-refractivity contribution is 0.685. The third kappa shape index (κ3) is 1.07. The predicted molar refractivity (Wildman–Crippen MR) is 66.6 cm³/mol. The van der Waals surface area contributed by atoms with Gasteiger partial charge in [0.05, 0.1) is 16.9 Å². The number of nitrogens with zero attached hydrogens (tertiary/aromatic N) is 2. The van der Waals surface area contributed by atoms with Gasteiger partial charge in [-0.2, -0.15) is 0 Å². The Labute approximate surface area is 102 Å². The molecule has 1 fully saturated rings. The summed E-state index contributed by atoms with van der Waals surface area (Å²) in [6.45, 7) is 0. The maximum Gasteiger partial charge on any atom is 0.103 e. The normalized spacial score (nSPS) is 26.3. The molecule has 2 bridgehead atoms. The molecule has 0 N–H and O–H groups in total. The summed E-state index contributed by atoms with van der Waals surface area (Å²) in [5.41, 5.74) is 4.60. The van der Waals surface area contributed by atoms with Crippen molar-refractivity contribution in [1.82, 2.24) is 9.97 Å². The molecule has 0 amide bonds. The molecule has 1 aromatic heterocycles. The Morgan fingerprint density at radius 2 is 1.81 bits per heavy atom. The first-order valence-corrected chi connectivity index (χ1v) is 6.58. The van der Waals surface area contributed by atoms with Gasteiger partial charge in [-0.05, 0) is 47.3 Å². The van der Waals surface area contributed by atoms with Gasteiger partial charge in [-0.25, -0.2) is 9.97 Å². The monoisotopic (exact) mass is 274 g/mol. The van der Waals surface area contributed by atoms with Crippen molar-refractivity contribution in [1.29, 1.82) is 0 Å². The molecule has 16 heavy (non-hydrogen) atoms. The van der Waals surface area contributed by atoms with Gasteiger partial charge in [-0.1, -0.05) is 6.07 Å². The average molecular weight is 275 g/mol. The van der Waals surface area contributed by atoms with Gasteiger partial charge in [-0.15, -0.1) is 0 Å². The Hall–Kier alpha value is -0.960. The van der Waals surface area contributed by atoms with Crippen molar-refractivity contribution in [2.45, 2.75) is 31.1 Å². The van der Waals surface area contributed by atoms with E-state index in [0.29, 0.717) is 11.8 Å². The number of aromatic nitrogens is 2. The van der Waals surface area contributed by atoms with Crippen molar-refractivity contribution >= 4 is 27.0 Å². The van der Waals surface area contributed by atoms with Crippen LogP contribution >= 0.6 is 15.9 Å².